The van der Waals surface area contributed by atoms with E-state index in [2.05, 4.69) is 28.9 Å². The summed E-state index contributed by atoms with van der Waals surface area (Å²) in [6, 6.07) is 0. The number of rotatable bonds is 1. The van der Waals surface area contributed by atoms with Crippen LogP contribution in [0.1, 0.15) is 33.1 Å². The van der Waals surface area contributed by atoms with Crippen LogP contribution >= 0.6 is 11.6 Å². The second kappa shape index (κ2) is 4.69. The molecular formula is C12H18ClN3O. The van der Waals surface area contributed by atoms with E-state index in [1.807, 2.05) is 0 Å². The van der Waals surface area contributed by atoms with Gasteiger partial charge in [0.1, 0.15) is 5.02 Å². The van der Waals surface area contributed by atoms with Gasteiger partial charge in [-0.3, -0.25) is 4.79 Å². The van der Waals surface area contributed by atoms with E-state index in [9.17, 15) is 4.79 Å². The van der Waals surface area contributed by atoms with E-state index in [0.29, 0.717) is 5.41 Å². The molecule has 1 saturated heterocycles. The van der Waals surface area contributed by atoms with E-state index in [-0.39, 0.29) is 10.6 Å². The predicted octanol–water partition coefficient (Wildman–Crippen LogP) is 2.44. The zero-order chi connectivity index (χ0) is 12.5. The van der Waals surface area contributed by atoms with E-state index in [4.69, 9.17) is 11.6 Å². The van der Waals surface area contributed by atoms with Gasteiger partial charge in [0.15, 0.2) is 0 Å². The van der Waals surface area contributed by atoms with Crippen molar-refractivity contribution in [1.29, 1.82) is 0 Å². The maximum Gasteiger partial charge on any atom is 0.285 e. The zero-order valence-electron chi connectivity index (χ0n) is 10.3. The lowest BCUT2D eigenvalue weighted by Crippen LogP contribution is -2.27. The summed E-state index contributed by atoms with van der Waals surface area (Å²) in [5, 5.41) is 6.42. The van der Waals surface area contributed by atoms with Crippen molar-refractivity contribution in [2.75, 3.05) is 18.0 Å². The highest BCUT2D eigenvalue weighted by molar-refractivity contribution is 6.32. The number of hydrogen-bond donors (Lipinski definition) is 1. The van der Waals surface area contributed by atoms with E-state index in [0.717, 1.165) is 31.6 Å². The van der Waals surface area contributed by atoms with Gasteiger partial charge in [-0.15, -0.1) is 0 Å². The number of aromatic amines is 1. The van der Waals surface area contributed by atoms with Crippen LogP contribution in [0.4, 0.5) is 5.69 Å². The molecule has 1 aliphatic heterocycles. The van der Waals surface area contributed by atoms with Crippen molar-refractivity contribution in [3.63, 3.8) is 0 Å². The van der Waals surface area contributed by atoms with Crippen LogP contribution in [-0.2, 0) is 0 Å². The average molecular weight is 256 g/mol. The summed E-state index contributed by atoms with van der Waals surface area (Å²) >= 11 is 6.03. The fourth-order valence-electron chi connectivity index (χ4n) is 2.26. The third-order valence-corrected chi connectivity index (χ3v) is 3.82. The largest absolute Gasteiger partial charge is 0.369 e. The van der Waals surface area contributed by atoms with Crippen molar-refractivity contribution >= 4 is 17.3 Å². The monoisotopic (exact) mass is 255 g/mol. The van der Waals surface area contributed by atoms with Crippen LogP contribution < -0.4 is 10.5 Å². The third-order valence-electron chi connectivity index (χ3n) is 3.46. The first kappa shape index (κ1) is 12.4. The highest BCUT2D eigenvalue weighted by Gasteiger charge is 2.24. The Morgan fingerprint density at radius 2 is 2.18 bits per heavy atom. The molecule has 17 heavy (non-hydrogen) atoms. The van der Waals surface area contributed by atoms with Crippen LogP contribution in [0.2, 0.25) is 5.02 Å². The summed E-state index contributed by atoms with van der Waals surface area (Å²) < 4.78 is 0. The Morgan fingerprint density at radius 3 is 2.94 bits per heavy atom. The summed E-state index contributed by atoms with van der Waals surface area (Å²) in [4.78, 5) is 13.6. The molecular weight excluding hydrogens is 238 g/mol. The lowest BCUT2D eigenvalue weighted by molar-refractivity contribution is 0.325. The summed E-state index contributed by atoms with van der Waals surface area (Å²) in [5.41, 5.74) is 0.816. The molecule has 0 unspecified atom stereocenters. The molecule has 0 aliphatic carbocycles. The number of halogens is 1. The SMILES string of the molecule is CC1(C)CCCN(c2cn[nH]c(=O)c2Cl)CC1. The van der Waals surface area contributed by atoms with Crippen LogP contribution in [0, 0.1) is 5.41 Å². The fourth-order valence-corrected chi connectivity index (χ4v) is 2.47. The molecule has 0 bridgehead atoms. The molecule has 0 radical (unpaired) electrons. The number of nitrogens with one attached hydrogen (secondary N) is 1. The maximum atomic E-state index is 11.4. The molecule has 1 aromatic heterocycles. The van der Waals surface area contributed by atoms with Crippen molar-refractivity contribution in [2.24, 2.45) is 5.41 Å². The highest BCUT2D eigenvalue weighted by Crippen LogP contribution is 2.32. The smallest absolute Gasteiger partial charge is 0.285 e. The molecule has 1 aromatic rings. The topological polar surface area (TPSA) is 49.0 Å². The van der Waals surface area contributed by atoms with E-state index >= 15 is 0 Å². The number of aromatic nitrogens is 2. The first-order valence-corrected chi connectivity index (χ1v) is 6.35. The predicted molar refractivity (Wildman–Crippen MR) is 69.7 cm³/mol. The summed E-state index contributed by atoms with van der Waals surface area (Å²) in [6.07, 6.45) is 5.08. The molecule has 0 spiro atoms. The normalized spacial score (nSPS) is 20.1. The molecule has 1 fully saturated rings. The molecule has 2 heterocycles. The van der Waals surface area contributed by atoms with Crippen molar-refractivity contribution in [1.82, 2.24) is 10.2 Å². The van der Waals surface area contributed by atoms with Crippen LogP contribution in [0.3, 0.4) is 0 Å². The average Bonchev–Trinajstić information content (AvgIpc) is 2.44. The van der Waals surface area contributed by atoms with Crippen molar-refractivity contribution in [2.45, 2.75) is 33.1 Å². The van der Waals surface area contributed by atoms with Crippen LogP contribution in [0.15, 0.2) is 11.0 Å². The van der Waals surface area contributed by atoms with E-state index in [1.165, 1.54) is 6.42 Å². The van der Waals surface area contributed by atoms with Gasteiger partial charge in [-0.25, -0.2) is 5.10 Å². The molecule has 0 amide bonds. The first-order valence-electron chi connectivity index (χ1n) is 5.98. The minimum absolute atomic E-state index is 0.250. The second-order valence-corrected chi connectivity index (χ2v) is 5.78. The summed E-state index contributed by atoms with van der Waals surface area (Å²) in [7, 11) is 0. The minimum atomic E-state index is -0.312. The van der Waals surface area contributed by atoms with Crippen molar-refractivity contribution in [3.8, 4) is 0 Å². The lowest BCUT2D eigenvalue weighted by Gasteiger charge is -2.24. The van der Waals surface area contributed by atoms with Gasteiger partial charge < -0.3 is 4.90 Å². The van der Waals surface area contributed by atoms with Crippen LogP contribution in [-0.4, -0.2) is 23.3 Å². The number of anilines is 1. The van der Waals surface area contributed by atoms with Gasteiger partial charge in [0.2, 0.25) is 0 Å². The summed E-state index contributed by atoms with van der Waals surface area (Å²) in [6.45, 7) is 6.44. The van der Waals surface area contributed by atoms with Crippen molar-refractivity contribution in [3.05, 3.63) is 21.6 Å². The summed E-state index contributed by atoms with van der Waals surface area (Å²) in [5.74, 6) is 0. The third kappa shape index (κ3) is 2.80. The van der Waals surface area contributed by atoms with Crippen molar-refractivity contribution < 1.29 is 0 Å². The van der Waals surface area contributed by atoms with Gasteiger partial charge in [0.25, 0.3) is 5.56 Å². The molecule has 0 saturated carbocycles. The van der Waals surface area contributed by atoms with Crippen LogP contribution in [0.5, 0.6) is 0 Å². The Balaban J connectivity index is 2.23. The van der Waals surface area contributed by atoms with Crippen LogP contribution in [0.25, 0.3) is 0 Å². The molecule has 5 heteroatoms. The molecule has 4 nitrogen and oxygen atoms in total. The van der Waals surface area contributed by atoms with Gasteiger partial charge in [0, 0.05) is 13.1 Å². The Labute approximate surface area is 106 Å². The fraction of sp³-hybridized carbons (Fsp3) is 0.667. The van der Waals surface area contributed by atoms with E-state index < -0.39 is 0 Å². The maximum absolute atomic E-state index is 11.4. The Hall–Kier alpha value is -1.03. The van der Waals surface area contributed by atoms with Gasteiger partial charge >= 0.3 is 0 Å². The Bertz CT molecular complexity index is 455. The van der Waals surface area contributed by atoms with Gasteiger partial charge in [0.05, 0.1) is 11.9 Å². The second-order valence-electron chi connectivity index (χ2n) is 5.40. The molecule has 0 aromatic carbocycles. The molecule has 2 rings (SSSR count). The Kier molecular flexibility index (Phi) is 3.43. The van der Waals surface area contributed by atoms with Gasteiger partial charge in [-0.1, -0.05) is 25.4 Å². The Morgan fingerprint density at radius 1 is 1.41 bits per heavy atom. The number of nitrogens with zero attached hydrogens (tertiary/aromatic N) is 2. The standard InChI is InChI=1S/C12H18ClN3O/c1-12(2)4-3-6-16(7-5-12)9-8-14-15-11(17)10(9)13/h8H,3-7H2,1-2H3,(H,15,17). The molecule has 0 atom stereocenters. The molecule has 1 N–H and O–H groups in total. The quantitative estimate of drug-likeness (QED) is 0.839. The molecule has 94 valence electrons. The number of hydrogen-bond acceptors (Lipinski definition) is 3. The number of H-pyrrole nitrogens is 1. The van der Waals surface area contributed by atoms with E-state index in [1.54, 1.807) is 6.20 Å². The highest BCUT2D eigenvalue weighted by atomic mass is 35.5. The zero-order valence-corrected chi connectivity index (χ0v) is 11.0. The van der Waals surface area contributed by atoms with Gasteiger partial charge in [-0.05, 0) is 24.7 Å². The lowest BCUT2D eigenvalue weighted by atomic mass is 9.85. The first-order chi connectivity index (χ1) is 7.99. The molecule has 1 aliphatic rings. The minimum Gasteiger partial charge on any atom is -0.369 e. The van der Waals surface area contributed by atoms with Gasteiger partial charge in [-0.2, -0.15) is 5.10 Å².